The molecule has 0 aromatic heterocycles. The predicted molar refractivity (Wildman–Crippen MR) is 89.0 cm³/mol. The van der Waals surface area contributed by atoms with Crippen LogP contribution in [0.3, 0.4) is 0 Å². The van der Waals surface area contributed by atoms with E-state index in [1.54, 1.807) is 0 Å². The number of alkyl halides is 3. The first kappa shape index (κ1) is 20.6. The number of ether oxygens (including phenoxy) is 1. The fraction of sp³-hybridized carbons (Fsp3) is 0.133. The van der Waals surface area contributed by atoms with Gasteiger partial charge in [0.15, 0.2) is 0 Å². The third kappa shape index (κ3) is 4.70. The van der Waals surface area contributed by atoms with Gasteiger partial charge in [-0.25, -0.2) is 0 Å². The Morgan fingerprint density at radius 1 is 1.07 bits per heavy atom. The smallest absolute Gasteiger partial charge is 0.416 e. The van der Waals surface area contributed by atoms with Crippen molar-refractivity contribution < 1.29 is 32.5 Å². The molecule has 148 valence electrons. The van der Waals surface area contributed by atoms with Crippen molar-refractivity contribution in [2.24, 2.45) is 5.73 Å². The molecule has 0 heterocycles. The molecule has 0 unspecified atom stereocenters. The van der Waals surface area contributed by atoms with Gasteiger partial charge >= 0.3 is 11.9 Å². The van der Waals surface area contributed by atoms with E-state index in [2.05, 4.69) is 5.32 Å². The van der Waals surface area contributed by atoms with Crippen molar-refractivity contribution in [1.82, 2.24) is 0 Å². The summed E-state index contributed by atoms with van der Waals surface area (Å²) in [7, 11) is 0. The van der Waals surface area contributed by atoms with Crippen LogP contribution in [0.25, 0.3) is 0 Å². The zero-order valence-corrected chi connectivity index (χ0v) is 13.7. The highest BCUT2D eigenvalue weighted by atomic mass is 19.4. The molecule has 1 amide bonds. The Hall–Kier alpha value is -3.74. The van der Waals surface area contributed by atoms with Crippen molar-refractivity contribution in [3.63, 3.8) is 0 Å². The second kappa shape index (κ2) is 7.87. The van der Waals surface area contributed by atoms with Gasteiger partial charge in [-0.15, -0.1) is 0 Å². The van der Waals surface area contributed by atoms with Gasteiger partial charge in [0.25, 0.3) is 5.69 Å². The molecule has 13 heteroatoms. The van der Waals surface area contributed by atoms with Crippen LogP contribution in [0.15, 0.2) is 36.4 Å². The Balaban J connectivity index is 2.45. The number of nitrogens with one attached hydrogen (secondary N) is 1. The molecular weight excluding hydrogens is 389 g/mol. The number of amides is 1. The third-order valence-electron chi connectivity index (χ3n) is 3.33. The molecule has 0 saturated carbocycles. The van der Waals surface area contributed by atoms with Gasteiger partial charge in [-0.3, -0.25) is 25.0 Å². The molecule has 0 aliphatic heterocycles. The highest BCUT2D eigenvalue weighted by Gasteiger charge is 2.33. The highest BCUT2D eigenvalue weighted by Crippen LogP contribution is 2.39. The number of anilines is 1. The quantitative estimate of drug-likeness (QED) is 0.558. The van der Waals surface area contributed by atoms with Gasteiger partial charge in [0.05, 0.1) is 22.0 Å². The molecule has 0 spiro atoms. The van der Waals surface area contributed by atoms with E-state index in [0.717, 1.165) is 24.3 Å². The molecule has 0 radical (unpaired) electrons. The van der Waals surface area contributed by atoms with Crippen LogP contribution in [0.2, 0.25) is 0 Å². The Morgan fingerprint density at radius 2 is 1.71 bits per heavy atom. The number of hydrogen-bond donors (Lipinski definition) is 2. The van der Waals surface area contributed by atoms with Gasteiger partial charge in [-0.2, -0.15) is 13.2 Å². The van der Waals surface area contributed by atoms with E-state index in [0.29, 0.717) is 12.1 Å². The monoisotopic (exact) mass is 400 g/mol. The van der Waals surface area contributed by atoms with Gasteiger partial charge in [0.1, 0.15) is 11.4 Å². The molecule has 10 nitrogen and oxygen atoms in total. The van der Waals surface area contributed by atoms with Crippen molar-refractivity contribution in [1.29, 1.82) is 0 Å². The summed E-state index contributed by atoms with van der Waals surface area (Å²) >= 11 is 0. The molecular formula is C15H11F3N4O6. The van der Waals surface area contributed by atoms with Crippen LogP contribution in [0, 0.1) is 20.2 Å². The molecule has 3 N–H and O–H groups in total. The minimum absolute atomic E-state index is 0.194. The van der Waals surface area contributed by atoms with Crippen LogP contribution in [0.5, 0.6) is 11.5 Å². The lowest BCUT2D eigenvalue weighted by molar-refractivity contribution is -0.385. The lowest BCUT2D eigenvalue weighted by Gasteiger charge is -2.11. The molecule has 2 rings (SSSR count). The summed E-state index contributed by atoms with van der Waals surface area (Å²) in [6.07, 6.45) is -4.80. The number of rotatable bonds is 6. The second-order valence-electron chi connectivity index (χ2n) is 5.23. The topological polar surface area (TPSA) is 151 Å². The first-order valence-electron chi connectivity index (χ1n) is 7.34. The normalized spacial score (nSPS) is 11.0. The van der Waals surface area contributed by atoms with Crippen molar-refractivity contribution in [3.05, 3.63) is 62.2 Å². The first-order chi connectivity index (χ1) is 13.0. The van der Waals surface area contributed by atoms with Crippen molar-refractivity contribution in [2.75, 3.05) is 11.9 Å². The molecule has 0 saturated heterocycles. The number of nitrogens with zero attached hydrogens (tertiary/aromatic N) is 2. The number of hydrogen-bond acceptors (Lipinski definition) is 7. The largest absolute Gasteiger partial charge is 0.450 e. The van der Waals surface area contributed by atoms with Crippen LogP contribution in [0.1, 0.15) is 5.56 Å². The van der Waals surface area contributed by atoms with Gasteiger partial charge in [-0.05, 0) is 18.2 Å². The number of nitro benzene ring substituents is 2. The van der Waals surface area contributed by atoms with Crippen LogP contribution >= 0.6 is 0 Å². The van der Waals surface area contributed by atoms with E-state index in [1.165, 1.54) is 0 Å². The average Bonchev–Trinajstić information content (AvgIpc) is 2.60. The number of benzene rings is 2. The van der Waals surface area contributed by atoms with Crippen molar-refractivity contribution in [2.45, 2.75) is 6.18 Å². The fourth-order valence-corrected chi connectivity index (χ4v) is 2.09. The summed E-state index contributed by atoms with van der Waals surface area (Å²) in [5.41, 5.74) is 2.13. The van der Waals surface area contributed by atoms with Gasteiger partial charge in [-0.1, -0.05) is 0 Å². The Kier molecular flexibility index (Phi) is 5.78. The number of carbonyl (C=O) groups excluding carboxylic acids is 1. The van der Waals surface area contributed by atoms with E-state index < -0.39 is 51.2 Å². The summed E-state index contributed by atoms with van der Waals surface area (Å²) in [6, 6.07) is 4.66. The Bertz CT molecular complexity index is 948. The highest BCUT2D eigenvalue weighted by molar-refractivity contribution is 5.94. The molecule has 0 aliphatic carbocycles. The molecule has 2 aromatic rings. The maximum atomic E-state index is 12.7. The number of nitrogens with two attached hydrogens (primary N) is 1. The van der Waals surface area contributed by atoms with E-state index in [-0.39, 0.29) is 11.4 Å². The molecule has 2 aromatic carbocycles. The second-order valence-corrected chi connectivity index (χ2v) is 5.23. The van der Waals surface area contributed by atoms with Gasteiger partial charge in [0, 0.05) is 18.2 Å². The Labute approximate surface area is 154 Å². The predicted octanol–water partition coefficient (Wildman–Crippen LogP) is 3.21. The fourth-order valence-electron chi connectivity index (χ4n) is 2.09. The lowest BCUT2D eigenvalue weighted by Crippen LogP contribution is -2.22. The van der Waals surface area contributed by atoms with Crippen LogP contribution in [-0.4, -0.2) is 22.3 Å². The van der Waals surface area contributed by atoms with Crippen LogP contribution < -0.4 is 15.8 Å². The van der Waals surface area contributed by atoms with Crippen LogP contribution in [0.4, 0.5) is 30.2 Å². The van der Waals surface area contributed by atoms with Gasteiger partial charge < -0.3 is 15.8 Å². The lowest BCUT2D eigenvalue weighted by atomic mass is 10.2. The first-order valence-corrected chi connectivity index (χ1v) is 7.34. The molecule has 0 atom stereocenters. The molecule has 0 fully saturated rings. The number of halogens is 3. The molecule has 28 heavy (non-hydrogen) atoms. The van der Waals surface area contributed by atoms with Crippen molar-refractivity contribution in [3.8, 4) is 11.5 Å². The average molecular weight is 400 g/mol. The third-order valence-corrected chi connectivity index (χ3v) is 3.33. The summed E-state index contributed by atoms with van der Waals surface area (Å²) < 4.78 is 43.4. The van der Waals surface area contributed by atoms with Gasteiger partial charge in [0.2, 0.25) is 11.7 Å². The Morgan fingerprint density at radius 3 is 2.25 bits per heavy atom. The summed E-state index contributed by atoms with van der Waals surface area (Å²) in [6.45, 7) is -0.466. The SMILES string of the molecule is NCC(=O)Nc1cc(Oc2ccc(C(F)(F)F)cc2[N+](=O)[O-])ccc1[N+](=O)[O-]. The molecule has 0 aliphatic rings. The summed E-state index contributed by atoms with van der Waals surface area (Å²) in [5.74, 6) is -1.47. The van der Waals surface area contributed by atoms with Crippen molar-refractivity contribution >= 4 is 23.0 Å². The van der Waals surface area contributed by atoms with E-state index >= 15 is 0 Å². The number of carbonyl (C=O) groups is 1. The maximum Gasteiger partial charge on any atom is 0.416 e. The maximum absolute atomic E-state index is 12.7. The van der Waals surface area contributed by atoms with Crippen LogP contribution in [-0.2, 0) is 11.0 Å². The summed E-state index contributed by atoms with van der Waals surface area (Å²) in [4.78, 5) is 31.7. The van der Waals surface area contributed by atoms with E-state index in [9.17, 15) is 38.2 Å². The molecule has 0 bridgehead atoms. The summed E-state index contributed by atoms with van der Waals surface area (Å²) in [5, 5.41) is 24.3. The standard InChI is InChI=1S/C15H11F3N4O6/c16-15(17,18)8-1-4-13(12(5-8)22(26)27)28-9-2-3-11(21(24)25)10(6-9)20-14(23)7-19/h1-6H,7,19H2,(H,20,23). The zero-order chi connectivity index (χ0) is 21.1. The zero-order valence-electron chi connectivity index (χ0n) is 13.7. The number of nitro groups is 2. The van der Waals surface area contributed by atoms with E-state index in [1.807, 2.05) is 0 Å². The minimum atomic E-state index is -4.80. The minimum Gasteiger partial charge on any atom is -0.450 e. The van der Waals surface area contributed by atoms with E-state index in [4.69, 9.17) is 10.5 Å².